The van der Waals surface area contributed by atoms with Crippen molar-refractivity contribution >= 4 is 22.9 Å². The number of carbonyl (C=O) groups excluding carboxylic acids is 1. The Kier molecular flexibility index (Phi) is 6.46. The number of rotatable bonds is 6. The van der Waals surface area contributed by atoms with Gasteiger partial charge in [-0.3, -0.25) is 9.78 Å². The number of aromatic nitrogens is 3. The predicted molar refractivity (Wildman–Crippen MR) is 138 cm³/mol. The Labute approximate surface area is 208 Å². The van der Waals surface area contributed by atoms with E-state index in [9.17, 15) is 4.79 Å². The Morgan fingerprint density at radius 3 is 2.74 bits per heavy atom. The van der Waals surface area contributed by atoms with Crippen LogP contribution in [0.25, 0.3) is 21.1 Å². The van der Waals surface area contributed by atoms with E-state index in [1.54, 1.807) is 18.3 Å². The first kappa shape index (κ1) is 23.0. The highest BCUT2D eigenvalue weighted by Gasteiger charge is 2.26. The second-order valence-electron chi connectivity index (χ2n) is 8.84. The molecule has 0 fully saturated rings. The third kappa shape index (κ3) is 4.88. The number of amides is 1. The minimum absolute atomic E-state index is 0.0538. The number of hydrogen-bond donors (Lipinski definition) is 2. The number of ether oxygens (including phenoxy) is 1. The number of benzene rings is 2. The maximum atomic E-state index is 12.7. The molecular formula is C27H27N5O2S. The van der Waals surface area contributed by atoms with E-state index < -0.39 is 0 Å². The van der Waals surface area contributed by atoms with Gasteiger partial charge in [-0.25, -0.2) is 0 Å². The average Bonchev–Trinajstić information content (AvgIpc) is 3.35. The van der Waals surface area contributed by atoms with Gasteiger partial charge in [-0.1, -0.05) is 35.6 Å². The summed E-state index contributed by atoms with van der Waals surface area (Å²) in [6, 6.07) is 17.2. The Hall–Kier alpha value is -3.78. The van der Waals surface area contributed by atoms with Gasteiger partial charge in [0.1, 0.15) is 21.5 Å². The quantitative estimate of drug-likeness (QED) is 0.352. The van der Waals surface area contributed by atoms with Gasteiger partial charge in [0, 0.05) is 17.3 Å². The van der Waals surface area contributed by atoms with Crippen molar-refractivity contribution in [3.05, 3.63) is 77.6 Å². The molecule has 3 N–H and O–H groups in total. The summed E-state index contributed by atoms with van der Waals surface area (Å²) in [4.78, 5) is 16.9. The van der Waals surface area contributed by atoms with Gasteiger partial charge < -0.3 is 15.8 Å². The van der Waals surface area contributed by atoms with Crippen LogP contribution in [0.2, 0.25) is 0 Å². The molecule has 8 heteroatoms. The second kappa shape index (κ2) is 9.84. The highest BCUT2D eigenvalue weighted by Crippen LogP contribution is 2.39. The molecule has 4 aromatic rings. The molecule has 7 nitrogen and oxygen atoms in total. The van der Waals surface area contributed by atoms with Gasteiger partial charge in [0.25, 0.3) is 5.91 Å². The third-order valence-electron chi connectivity index (χ3n) is 5.98. The molecule has 0 aliphatic heterocycles. The van der Waals surface area contributed by atoms with Crippen molar-refractivity contribution in [1.82, 2.24) is 20.5 Å². The summed E-state index contributed by atoms with van der Waals surface area (Å²) >= 11 is 1.54. The van der Waals surface area contributed by atoms with E-state index in [0.717, 1.165) is 46.0 Å². The van der Waals surface area contributed by atoms with Crippen LogP contribution in [0.4, 0.5) is 5.69 Å². The molecule has 2 aromatic heterocycles. The molecule has 35 heavy (non-hydrogen) atoms. The largest absolute Gasteiger partial charge is 0.489 e. The lowest BCUT2D eigenvalue weighted by Crippen LogP contribution is -2.31. The van der Waals surface area contributed by atoms with Crippen LogP contribution in [-0.4, -0.2) is 27.2 Å². The molecule has 1 amide bonds. The lowest BCUT2D eigenvalue weighted by atomic mass is 9.85. The number of fused-ring (bicyclic) bond motifs is 1. The molecule has 2 heterocycles. The lowest BCUT2D eigenvalue weighted by Gasteiger charge is -2.27. The average molecular weight is 486 g/mol. The van der Waals surface area contributed by atoms with Crippen LogP contribution < -0.4 is 15.8 Å². The van der Waals surface area contributed by atoms with Crippen LogP contribution in [0.5, 0.6) is 5.75 Å². The maximum absolute atomic E-state index is 12.7. The molecule has 2 aromatic carbocycles. The van der Waals surface area contributed by atoms with Crippen LogP contribution in [0.15, 0.2) is 60.8 Å². The van der Waals surface area contributed by atoms with Crippen LogP contribution >= 0.6 is 11.3 Å². The molecule has 1 atom stereocenters. The Bertz CT molecular complexity index is 1350. The zero-order valence-electron chi connectivity index (χ0n) is 19.7. The molecule has 1 aliphatic carbocycles. The zero-order valence-corrected chi connectivity index (χ0v) is 20.5. The molecule has 0 bridgehead atoms. The molecular weight excluding hydrogens is 458 g/mol. The Balaban J connectivity index is 1.41. The van der Waals surface area contributed by atoms with Crippen molar-refractivity contribution in [3.63, 3.8) is 0 Å². The number of hydrogen-bond acceptors (Lipinski definition) is 7. The summed E-state index contributed by atoms with van der Waals surface area (Å²) < 4.78 is 5.75. The van der Waals surface area contributed by atoms with Gasteiger partial charge in [0.15, 0.2) is 0 Å². The van der Waals surface area contributed by atoms with Gasteiger partial charge in [-0.2, -0.15) is 0 Å². The minimum Gasteiger partial charge on any atom is -0.489 e. The standard InChI is InChI=1S/C27H27N5O2S/c1-16(2)34-24-13-12-17(15-21(24)28)26-31-32-27(35-26)20-9-5-8-19-18(20)7-6-11-22(19)30-25(33)23-10-3-4-14-29-23/h3-5,8-10,12-16,22H,6-7,11,28H2,1-2H3,(H,30,33)/t22-/m0/s1. The fraction of sp³-hybridized carbons (Fsp3) is 0.259. The lowest BCUT2D eigenvalue weighted by molar-refractivity contribution is 0.0927. The van der Waals surface area contributed by atoms with Crippen molar-refractivity contribution in [2.75, 3.05) is 5.73 Å². The third-order valence-corrected chi connectivity index (χ3v) is 6.99. The molecule has 0 spiro atoms. The smallest absolute Gasteiger partial charge is 0.270 e. The van der Waals surface area contributed by atoms with Gasteiger partial charge >= 0.3 is 0 Å². The molecule has 0 saturated heterocycles. The zero-order chi connectivity index (χ0) is 24.4. The summed E-state index contributed by atoms with van der Waals surface area (Å²) in [5.74, 6) is 0.513. The second-order valence-corrected chi connectivity index (χ2v) is 9.82. The van der Waals surface area contributed by atoms with E-state index in [-0.39, 0.29) is 18.1 Å². The summed E-state index contributed by atoms with van der Waals surface area (Å²) in [5, 5.41) is 13.8. The van der Waals surface area contributed by atoms with E-state index in [1.807, 2.05) is 44.2 Å². The van der Waals surface area contributed by atoms with Crippen molar-refractivity contribution in [1.29, 1.82) is 0 Å². The molecule has 0 radical (unpaired) electrons. The van der Waals surface area contributed by atoms with E-state index in [2.05, 4.69) is 32.6 Å². The fourth-order valence-corrected chi connectivity index (χ4v) is 5.31. The topological polar surface area (TPSA) is 103 Å². The summed E-state index contributed by atoms with van der Waals surface area (Å²) in [5.41, 5.74) is 11.5. The first-order valence-electron chi connectivity index (χ1n) is 11.7. The van der Waals surface area contributed by atoms with Crippen LogP contribution in [-0.2, 0) is 6.42 Å². The van der Waals surface area contributed by atoms with Crippen molar-refractivity contribution in [3.8, 4) is 26.9 Å². The summed E-state index contributed by atoms with van der Waals surface area (Å²) in [6.45, 7) is 3.94. The maximum Gasteiger partial charge on any atom is 0.270 e. The molecule has 1 aliphatic rings. The van der Waals surface area contributed by atoms with E-state index in [1.165, 1.54) is 16.9 Å². The molecule has 0 saturated carbocycles. The first-order chi connectivity index (χ1) is 17.0. The van der Waals surface area contributed by atoms with Crippen LogP contribution in [0.1, 0.15) is 54.3 Å². The molecule has 0 unspecified atom stereocenters. The number of pyridine rings is 1. The number of carbonyl (C=O) groups is 1. The van der Waals surface area contributed by atoms with E-state index in [4.69, 9.17) is 10.5 Å². The van der Waals surface area contributed by atoms with Crippen LogP contribution in [0.3, 0.4) is 0 Å². The Morgan fingerprint density at radius 1 is 1.11 bits per heavy atom. The number of nitrogens with zero attached hydrogens (tertiary/aromatic N) is 3. The summed E-state index contributed by atoms with van der Waals surface area (Å²) in [6.07, 6.45) is 4.49. The normalized spacial score (nSPS) is 15.0. The molecule has 178 valence electrons. The fourth-order valence-electron chi connectivity index (χ4n) is 4.42. The van der Waals surface area contributed by atoms with Gasteiger partial charge in [-0.15, -0.1) is 10.2 Å². The molecule has 5 rings (SSSR count). The van der Waals surface area contributed by atoms with Gasteiger partial charge in [0.05, 0.1) is 17.8 Å². The SMILES string of the molecule is CC(C)Oc1ccc(-c2nnc(-c3cccc4c3CCC[C@@H]4NC(=O)c3ccccn3)s2)cc1N. The monoisotopic (exact) mass is 485 g/mol. The van der Waals surface area contributed by atoms with Crippen LogP contribution in [0, 0.1) is 0 Å². The number of nitrogens with two attached hydrogens (primary N) is 1. The predicted octanol–water partition coefficient (Wildman–Crippen LogP) is 5.44. The van der Waals surface area contributed by atoms with E-state index in [0.29, 0.717) is 17.1 Å². The highest BCUT2D eigenvalue weighted by molar-refractivity contribution is 7.17. The van der Waals surface area contributed by atoms with Crippen molar-refractivity contribution in [2.24, 2.45) is 0 Å². The highest BCUT2D eigenvalue weighted by atomic mass is 32.1. The number of anilines is 1. The number of nitrogens with one attached hydrogen (secondary N) is 1. The number of nitrogen functional groups attached to an aromatic ring is 1. The Morgan fingerprint density at radius 2 is 1.97 bits per heavy atom. The van der Waals surface area contributed by atoms with Gasteiger partial charge in [0.2, 0.25) is 0 Å². The van der Waals surface area contributed by atoms with Gasteiger partial charge in [-0.05, 0) is 74.6 Å². The van der Waals surface area contributed by atoms with E-state index >= 15 is 0 Å². The van der Waals surface area contributed by atoms with Crippen molar-refractivity contribution in [2.45, 2.75) is 45.3 Å². The summed E-state index contributed by atoms with van der Waals surface area (Å²) in [7, 11) is 0. The minimum atomic E-state index is -0.158. The van der Waals surface area contributed by atoms with Crippen molar-refractivity contribution < 1.29 is 9.53 Å². The first-order valence-corrected chi connectivity index (χ1v) is 12.6.